The van der Waals surface area contributed by atoms with Crippen molar-refractivity contribution in [1.29, 1.82) is 0 Å². The van der Waals surface area contributed by atoms with Gasteiger partial charge in [0.1, 0.15) is 0 Å². The van der Waals surface area contributed by atoms with Gasteiger partial charge in [-0.1, -0.05) is 11.6 Å². The Bertz CT molecular complexity index is 1170. The van der Waals surface area contributed by atoms with Gasteiger partial charge in [-0.3, -0.25) is 24.3 Å². The molecule has 0 saturated carbocycles. The van der Waals surface area contributed by atoms with E-state index < -0.39 is 5.76 Å². The van der Waals surface area contributed by atoms with Gasteiger partial charge >= 0.3 is 5.76 Å². The van der Waals surface area contributed by atoms with Crippen LogP contribution in [0.15, 0.2) is 45.6 Å². The highest BCUT2D eigenvalue weighted by Gasteiger charge is 2.34. The minimum Gasteiger partial charge on any atom is -0.408 e. The van der Waals surface area contributed by atoms with Gasteiger partial charge in [0, 0.05) is 18.7 Å². The van der Waals surface area contributed by atoms with E-state index in [0.29, 0.717) is 34.3 Å². The molecule has 0 saturated heterocycles. The second-order valence-electron chi connectivity index (χ2n) is 6.69. The van der Waals surface area contributed by atoms with Crippen molar-refractivity contribution in [3.05, 3.63) is 63.6 Å². The first-order valence-electron chi connectivity index (χ1n) is 8.82. The molecule has 0 spiro atoms. The third-order valence-electron chi connectivity index (χ3n) is 4.61. The summed E-state index contributed by atoms with van der Waals surface area (Å²) in [7, 11) is 0. The zero-order valence-electron chi connectivity index (χ0n) is 15.1. The van der Waals surface area contributed by atoms with E-state index in [0.717, 1.165) is 5.56 Å². The fraction of sp³-hybridized carbons (Fsp3) is 0.200. The number of carbonyl (C=O) groups excluding carboxylic acids is 3. The standard InChI is InChI=1S/C20H17N3O5/c1-11-4-6-13-14(9-11)19(26)23(18(13)25)8-2-3-17(24)21-12-5-7-16-15(10-12)22-20(27)28-16/h4-7,9-10H,2-3,8H2,1H3,(H,21,24)(H,22,27). The Morgan fingerprint density at radius 2 is 1.86 bits per heavy atom. The Morgan fingerprint density at radius 1 is 1.07 bits per heavy atom. The number of aromatic amines is 1. The minimum atomic E-state index is -0.561. The first kappa shape index (κ1) is 17.7. The number of benzene rings is 2. The maximum Gasteiger partial charge on any atom is 0.417 e. The molecule has 2 heterocycles. The molecule has 0 atom stereocenters. The number of aromatic nitrogens is 1. The van der Waals surface area contributed by atoms with E-state index in [9.17, 15) is 19.2 Å². The monoisotopic (exact) mass is 379 g/mol. The number of carbonyl (C=O) groups is 3. The van der Waals surface area contributed by atoms with Crippen molar-refractivity contribution >= 4 is 34.5 Å². The highest BCUT2D eigenvalue weighted by Crippen LogP contribution is 2.24. The molecule has 2 aromatic carbocycles. The lowest BCUT2D eigenvalue weighted by molar-refractivity contribution is -0.116. The highest BCUT2D eigenvalue weighted by atomic mass is 16.4. The summed E-state index contributed by atoms with van der Waals surface area (Å²) in [5, 5.41) is 2.72. The molecule has 0 radical (unpaired) electrons. The number of oxazole rings is 1. The Kier molecular flexibility index (Phi) is 4.31. The van der Waals surface area contributed by atoms with Crippen molar-refractivity contribution in [3.8, 4) is 0 Å². The van der Waals surface area contributed by atoms with Gasteiger partial charge in [-0.05, 0) is 43.7 Å². The third kappa shape index (κ3) is 3.20. The van der Waals surface area contributed by atoms with E-state index >= 15 is 0 Å². The number of hydrogen-bond acceptors (Lipinski definition) is 5. The summed E-state index contributed by atoms with van der Waals surface area (Å²) in [6.07, 6.45) is 0.494. The summed E-state index contributed by atoms with van der Waals surface area (Å²) in [5.74, 6) is -1.46. The Labute approximate surface area is 159 Å². The number of amides is 3. The maximum absolute atomic E-state index is 12.4. The van der Waals surface area contributed by atoms with Crippen molar-refractivity contribution < 1.29 is 18.8 Å². The molecule has 1 aliphatic rings. The van der Waals surface area contributed by atoms with Crippen molar-refractivity contribution in [3.63, 3.8) is 0 Å². The van der Waals surface area contributed by atoms with Crippen LogP contribution in [-0.2, 0) is 4.79 Å². The first-order valence-corrected chi connectivity index (χ1v) is 8.82. The van der Waals surface area contributed by atoms with Gasteiger partial charge in [0.15, 0.2) is 5.58 Å². The molecule has 3 amide bonds. The number of hydrogen-bond donors (Lipinski definition) is 2. The van der Waals surface area contributed by atoms with Crippen LogP contribution in [0.25, 0.3) is 11.1 Å². The van der Waals surface area contributed by atoms with Gasteiger partial charge in [0.25, 0.3) is 11.8 Å². The lowest BCUT2D eigenvalue weighted by atomic mass is 10.1. The van der Waals surface area contributed by atoms with E-state index in [2.05, 4.69) is 10.3 Å². The average Bonchev–Trinajstić information content (AvgIpc) is 3.13. The van der Waals surface area contributed by atoms with Crippen molar-refractivity contribution in [2.45, 2.75) is 19.8 Å². The van der Waals surface area contributed by atoms with Crippen molar-refractivity contribution in [2.24, 2.45) is 0 Å². The highest BCUT2D eigenvalue weighted by molar-refractivity contribution is 6.21. The van der Waals surface area contributed by atoms with Crippen LogP contribution in [0.3, 0.4) is 0 Å². The molecular weight excluding hydrogens is 362 g/mol. The van der Waals surface area contributed by atoms with Crippen molar-refractivity contribution in [1.82, 2.24) is 9.88 Å². The Balaban J connectivity index is 1.34. The molecule has 8 nitrogen and oxygen atoms in total. The molecule has 3 aromatic rings. The van der Waals surface area contributed by atoms with E-state index in [1.165, 1.54) is 4.90 Å². The molecule has 0 bridgehead atoms. The Morgan fingerprint density at radius 3 is 2.68 bits per heavy atom. The molecule has 28 heavy (non-hydrogen) atoms. The molecule has 0 fully saturated rings. The van der Waals surface area contributed by atoms with E-state index in [-0.39, 0.29) is 30.7 Å². The second-order valence-corrected chi connectivity index (χ2v) is 6.69. The average molecular weight is 379 g/mol. The summed E-state index contributed by atoms with van der Waals surface area (Å²) in [6.45, 7) is 2.04. The number of rotatable bonds is 5. The number of aryl methyl sites for hydroxylation is 1. The van der Waals surface area contributed by atoms with Gasteiger partial charge in [0.05, 0.1) is 16.6 Å². The molecule has 1 aliphatic heterocycles. The summed E-state index contributed by atoms with van der Waals surface area (Å²) < 4.78 is 4.91. The fourth-order valence-electron chi connectivity index (χ4n) is 3.26. The molecule has 142 valence electrons. The number of nitrogens with one attached hydrogen (secondary N) is 2. The Hall–Kier alpha value is -3.68. The molecule has 2 N–H and O–H groups in total. The number of fused-ring (bicyclic) bond motifs is 2. The lowest BCUT2D eigenvalue weighted by Crippen LogP contribution is -2.31. The SMILES string of the molecule is Cc1ccc2c(c1)C(=O)N(CCCC(=O)Nc1ccc3oc(=O)[nH]c3c1)C2=O. The summed E-state index contributed by atoms with van der Waals surface area (Å²) in [6, 6.07) is 9.98. The zero-order valence-corrected chi connectivity index (χ0v) is 15.1. The summed E-state index contributed by atoms with van der Waals surface area (Å²) in [5.41, 5.74) is 3.15. The van der Waals surface area contributed by atoms with E-state index in [1.54, 1.807) is 36.4 Å². The zero-order chi connectivity index (χ0) is 19.8. The predicted octanol–water partition coefficient (Wildman–Crippen LogP) is 2.44. The van der Waals surface area contributed by atoms with Crippen LogP contribution in [0.4, 0.5) is 5.69 Å². The summed E-state index contributed by atoms with van der Waals surface area (Å²) >= 11 is 0. The number of nitrogens with zero attached hydrogens (tertiary/aromatic N) is 1. The van der Waals surface area contributed by atoms with Crippen LogP contribution < -0.4 is 11.1 Å². The second kappa shape index (κ2) is 6.80. The normalized spacial score (nSPS) is 13.2. The molecule has 0 unspecified atom stereocenters. The van der Waals surface area contributed by atoms with Gasteiger partial charge in [-0.15, -0.1) is 0 Å². The summed E-state index contributed by atoms with van der Waals surface area (Å²) in [4.78, 5) is 51.8. The first-order chi connectivity index (χ1) is 13.4. The molecule has 0 aliphatic carbocycles. The van der Waals surface area contributed by atoms with Crippen LogP contribution in [0.1, 0.15) is 39.1 Å². The van der Waals surface area contributed by atoms with Crippen LogP contribution in [-0.4, -0.2) is 34.2 Å². The third-order valence-corrected chi connectivity index (χ3v) is 4.61. The minimum absolute atomic E-state index is 0.145. The van der Waals surface area contributed by atoms with Crippen LogP contribution >= 0.6 is 0 Å². The van der Waals surface area contributed by atoms with Gasteiger partial charge in [0.2, 0.25) is 5.91 Å². The quantitative estimate of drug-likeness (QED) is 0.661. The number of anilines is 1. The van der Waals surface area contributed by atoms with Crippen LogP contribution in [0.5, 0.6) is 0 Å². The van der Waals surface area contributed by atoms with Crippen LogP contribution in [0, 0.1) is 6.92 Å². The molecular formula is C20H17N3O5. The van der Waals surface area contributed by atoms with Gasteiger partial charge in [-0.25, -0.2) is 4.79 Å². The molecule has 1 aromatic heterocycles. The van der Waals surface area contributed by atoms with E-state index in [4.69, 9.17) is 4.42 Å². The van der Waals surface area contributed by atoms with E-state index in [1.807, 2.05) is 6.92 Å². The molecule has 4 rings (SSSR count). The number of imide groups is 1. The lowest BCUT2D eigenvalue weighted by Gasteiger charge is -2.13. The van der Waals surface area contributed by atoms with Gasteiger partial charge in [-0.2, -0.15) is 0 Å². The largest absolute Gasteiger partial charge is 0.417 e. The molecule has 8 heteroatoms. The topological polar surface area (TPSA) is 112 Å². The fourth-order valence-corrected chi connectivity index (χ4v) is 3.26. The maximum atomic E-state index is 12.4. The predicted molar refractivity (Wildman–Crippen MR) is 101 cm³/mol. The van der Waals surface area contributed by atoms with Crippen molar-refractivity contribution in [2.75, 3.05) is 11.9 Å². The number of H-pyrrole nitrogens is 1. The smallest absolute Gasteiger partial charge is 0.408 e. The van der Waals surface area contributed by atoms with Gasteiger partial charge < -0.3 is 9.73 Å². The van der Waals surface area contributed by atoms with Crippen LogP contribution in [0.2, 0.25) is 0 Å².